The quantitative estimate of drug-likeness (QED) is 0.780. The molecule has 1 aromatic carbocycles. The molecule has 0 aliphatic carbocycles. The van der Waals surface area contributed by atoms with E-state index in [0.717, 1.165) is 31.6 Å². The number of rotatable bonds is 8. The van der Waals surface area contributed by atoms with E-state index >= 15 is 0 Å². The van der Waals surface area contributed by atoms with E-state index in [1.54, 1.807) is 0 Å². The maximum Gasteiger partial charge on any atom is 0.239 e. The van der Waals surface area contributed by atoms with Crippen molar-refractivity contribution in [2.24, 2.45) is 5.73 Å². The molecular weight excluding hydrogens is 250 g/mol. The second-order valence-electron chi connectivity index (χ2n) is 5.37. The lowest BCUT2D eigenvalue weighted by Gasteiger charge is -2.25. The SMILES string of the molecule is CCN(CCCN(C)C)C(=O)C(N)Cc1ccccc1. The van der Waals surface area contributed by atoms with E-state index < -0.39 is 6.04 Å². The molecule has 0 saturated carbocycles. The van der Waals surface area contributed by atoms with Crippen molar-refractivity contribution in [2.75, 3.05) is 33.7 Å². The van der Waals surface area contributed by atoms with Crippen molar-refractivity contribution in [3.63, 3.8) is 0 Å². The third-order valence-corrected chi connectivity index (χ3v) is 3.34. The van der Waals surface area contributed by atoms with Gasteiger partial charge < -0.3 is 15.5 Å². The van der Waals surface area contributed by atoms with E-state index in [1.807, 2.05) is 56.3 Å². The van der Waals surface area contributed by atoms with Crippen LogP contribution in [0.5, 0.6) is 0 Å². The van der Waals surface area contributed by atoms with E-state index in [9.17, 15) is 4.79 Å². The molecule has 1 unspecified atom stereocenters. The minimum absolute atomic E-state index is 0.0510. The zero-order chi connectivity index (χ0) is 15.0. The Morgan fingerprint density at radius 2 is 1.85 bits per heavy atom. The summed E-state index contributed by atoms with van der Waals surface area (Å²) in [6.45, 7) is 4.48. The Kier molecular flexibility index (Phi) is 7.26. The van der Waals surface area contributed by atoms with Crippen LogP contribution in [0.15, 0.2) is 30.3 Å². The summed E-state index contributed by atoms with van der Waals surface area (Å²) < 4.78 is 0. The Bertz CT molecular complexity index is 392. The first-order valence-electron chi connectivity index (χ1n) is 7.27. The monoisotopic (exact) mass is 277 g/mol. The van der Waals surface area contributed by atoms with Gasteiger partial charge in [0.15, 0.2) is 0 Å². The van der Waals surface area contributed by atoms with E-state index in [1.165, 1.54) is 0 Å². The van der Waals surface area contributed by atoms with Crippen molar-refractivity contribution in [3.05, 3.63) is 35.9 Å². The van der Waals surface area contributed by atoms with Crippen molar-refractivity contribution < 1.29 is 4.79 Å². The van der Waals surface area contributed by atoms with E-state index in [2.05, 4.69) is 4.90 Å². The molecule has 0 fully saturated rings. The van der Waals surface area contributed by atoms with E-state index in [-0.39, 0.29) is 5.91 Å². The van der Waals surface area contributed by atoms with Crippen molar-refractivity contribution in [3.8, 4) is 0 Å². The summed E-state index contributed by atoms with van der Waals surface area (Å²) in [5.41, 5.74) is 7.16. The van der Waals surface area contributed by atoms with Crippen molar-refractivity contribution >= 4 is 5.91 Å². The molecule has 112 valence electrons. The predicted octanol–water partition coefficient (Wildman–Crippen LogP) is 1.36. The number of nitrogens with zero attached hydrogens (tertiary/aromatic N) is 2. The minimum Gasteiger partial charge on any atom is -0.342 e. The van der Waals surface area contributed by atoms with Crippen LogP contribution >= 0.6 is 0 Å². The molecule has 0 spiro atoms. The fourth-order valence-corrected chi connectivity index (χ4v) is 2.19. The highest BCUT2D eigenvalue weighted by Gasteiger charge is 2.19. The second-order valence-corrected chi connectivity index (χ2v) is 5.37. The van der Waals surface area contributed by atoms with Gasteiger partial charge in [0.2, 0.25) is 5.91 Å². The number of hydrogen-bond donors (Lipinski definition) is 1. The summed E-state index contributed by atoms with van der Waals surface area (Å²) in [5.74, 6) is 0.0510. The molecule has 1 amide bonds. The fraction of sp³-hybridized carbons (Fsp3) is 0.562. The molecule has 0 heterocycles. The van der Waals surface area contributed by atoms with Gasteiger partial charge in [-0.05, 0) is 46.0 Å². The second kappa shape index (κ2) is 8.72. The minimum atomic E-state index is -0.447. The molecule has 4 nitrogen and oxygen atoms in total. The highest BCUT2D eigenvalue weighted by Crippen LogP contribution is 2.05. The molecule has 4 heteroatoms. The van der Waals surface area contributed by atoms with E-state index in [4.69, 9.17) is 5.73 Å². The van der Waals surface area contributed by atoms with Gasteiger partial charge in [0.1, 0.15) is 0 Å². The van der Waals surface area contributed by atoms with Gasteiger partial charge in [0, 0.05) is 13.1 Å². The molecule has 1 aromatic rings. The zero-order valence-corrected chi connectivity index (χ0v) is 12.9. The molecule has 0 aliphatic rings. The lowest BCUT2D eigenvalue weighted by atomic mass is 10.1. The Balaban J connectivity index is 2.48. The van der Waals surface area contributed by atoms with Crippen molar-refractivity contribution in [1.29, 1.82) is 0 Å². The third-order valence-electron chi connectivity index (χ3n) is 3.34. The molecule has 0 aliphatic heterocycles. The Morgan fingerprint density at radius 3 is 2.40 bits per heavy atom. The summed E-state index contributed by atoms with van der Waals surface area (Å²) >= 11 is 0. The standard InChI is InChI=1S/C16H27N3O/c1-4-19(12-8-11-18(2)3)16(20)15(17)13-14-9-6-5-7-10-14/h5-7,9-10,15H,4,8,11-13,17H2,1-3H3. The lowest BCUT2D eigenvalue weighted by molar-refractivity contribution is -0.132. The van der Waals surface area contributed by atoms with Crippen LogP contribution < -0.4 is 5.73 Å². The lowest BCUT2D eigenvalue weighted by Crippen LogP contribution is -2.45. The van der Waals surface area contributed by atoms with E-state index in [0.29, 0.717) is 6.42 Å². The first-order valence-corrected chi connectivity index (χ1v) is 7.27. The highest BCUT2D eigenvalue weighted by molar-refractivity contribution is 5.81. The van der Waals surface area contributed by atoms with Gasteiger partial charge in [0.25, 0.3) is 0 Å². The van der Waals surface area contributed by atoms with Gasteiger partial charge in [-0.2, -0.15) is 0 Å². The van der Waals surface area contributed by atoms with Crippen molar-refractivity contribution in [2.45, 2.75) is 25.8 Å². The molecule has 0 bridgehead atoms. The predicted molar refractivity (Wildman–Crippen MR) is 83.5 cm³/mol. The molecule has 0 radical (unpaired) electrons. The summed E-state index contributed by atoms with van der Waals surface area (Å²) in [6, 6.07) is 9.49. The Morgan fingerprint density at radius 1 is 1.20 bits per heavy atom. The summed E-state index contributed by atoms with van der Waals surface area (Å²) in [5, 5.41) is 0. The summed E-state index contributed by atoms with van der Waals surface area (Å²) in [7, 11) is 4.08. The van der Waals surface area contributed by atoms with Crippen LogP contribution in [-0.4, -0.2) is 55.5 Å². The Hall–Kier alpha value is -1.39. The van der Waals surface area contributed by atoms with Crippen LogP contribution in [0, 0.1) is 0 Å². The maximum absolute atomic E-state index is 12.3. The number of amides is 1. The van der Waals surface area contributed by atoms with Gasteiger partial charge in [-0.25, -0.2) is 0 Å². The normalized spacial score (nSPS) is 12.4. The first kappa shape index (κ1) is 16.7. The largest absolute Gasteiger partial charge is 0.342 e. The number of benzene rings is 1. The molecule has 0 saturated heterocycles. The number of carbonyl (C=O) groups excluding carboxylic acids is 1. The first-order chi connectivity index (χ1) is 9.54. The summed E-state index contributed by atoms with van der Waals surface area (Å²) in [4.78, 5) is 16.3. The van der Waals surface area contributed by atoms with Gasteiger partial charge in [-0.1, -0.05) is 30.3 Å². The molecule has 20 heavy (non-hydrogen) atoms. The number of hydrogen-bond acceptors (Lipinski definition) is 3. The molecule has 1 rings (SSSR count). The fourth-order valence-electron chi connectivity index (χ4n) is 2.19. The zero-order valence-electron chi connectivity index (χ0n) is 12.9. The topological polar surface area (TPSA) is 49.6 Å². The average molecular weight is 277 g/mol. The van der Waals surface area contributed by atoms with Gasteiger partial charge >= 0.3 is 0 Å². The summed E-state index contributed by atoms with van der Waals surface area (Å²) in [6.07, 6.45) is 1.58. The van der Waals surface area contributed by atoms with Crippen molar-refractivity contribution in [1.82, 2.24) is 9.80 Å². The van der Waals surface area contributed by atoms with Crippen LogP contribution in [0.3, 0.4) is 0 Å². The number of carbonyl (C=O) groups is 1. The molecule has 1 atom stereocenters. The third kappa shape index (κ3) is 5.72. The van der Waals surface area contributed by atoms with Gasteiger partial charge in [-0.3, -0.25) is 4.79 Å². The number of likely N-dealkylation sites (N-methyl/N-ethyl adjacent to an activating group) is 1. The highest BCUT2D eigenvalue weighted by atomic mass is 16.2. The smallest absolute Gasteiger partial charge is 0.239 e. The van der Waals surface area contributed by atoms with Gasteiger partial charge in [0.05, 0.1) is 6.04 Å². The van der Waals surface area contributed by atoms with Crippen LogP contribution in [0.1, 0.15) is 18.9 Å². The van der Waals surface area contributed by atoms with Crippen LogP contribution in [0.4, 0.5) is 0 Å². The van der Waals surface area contributed by atoms with Crippen LogP contribution in [-0.2, 0) is 11.2 Å². The van der Waals surface area contributed by atoms with Crippen LogP contribution in [0.2, 0.25) is 0 Å². The van der Waals surface area contributed by atoms with Gasteiger partial charge in [-0.15, -0.1) is 0 Å². The molecule has 2 N–H and O–H groups in total. The maximum atomic E-state index is 12.3. The molecule has 0 aromatic heterocycles. The number of nitrogens with two attached hydrogens (primary N) is 1. The molecular formula is C16H27N3O. The average Bonchev–Trinajstić information content (AvgIpc) is 2.43. The Labute approximate surface area is 122 Å². The van der Waals surface area contributed by atoms with Crippen LogP contribution in [0.25, 0.3) is 0 Å².